The van der Waals surface area contributed by atoms with Gasteiger partial charge < -0.3 is 9.42 Å². The molecule has 1 amide bonds. The summed E-state index contributed by atoms with van der Waals surface area (Å²) in [5.41, 5.74) is 1.64. The lowest BCUT2D eigenvalue weighted by Crippen LogP contribution is -2.24. The number of aromatic nitrogens is 2. The van der Waals surface area contributed by atoms with Gasteiger partial charge in [-0.3, -0.25) is 9.59 Å². The van der Waals surface area contributed by atoms with E-state index < -0.39 is 0 Å². The van der Waals surface area contributed by atoms with Crippen LogP contribution in [0.15, 0.2) is 28.8 Å². The minimum atomic E-state index is 0.0839. The van der Waals surface area contributed by atoms with Crippen LogP contribution in [0.5, 0.6) is 0 Å². The monoisotopic (exact) mass is 331 g/mol. The van der Waals surface area contributed by atoms with Gasteiger partial charge in [0.1, 0.15) is 0 Å². The number of benzene rings is 1. The Labute approximate surface area is 138 Å². The highest BCUT2D eigenvalue weighted by Crippen LogP contribution is 2.29. The molecule has 1 aliphatic rings. The Kier molecular flexibility index (Phi) is 4.47. The number of aryl methyl sites for hydroxylation is 1. The number of rotatable bonds is 4. The van der Waals surface area contributed by atoms with Gasteiger partial charge in [0.15, 0.2) is 5.12 Å². The molecule has 6 nitrogen and oxygen atoms in total. The van der Waals surface area contributed by atoms with E-state index in [1.54, 1.807) is 18.7 Å². The van der Waals surface area contributed by atoms with Gasteiger partial charge in [0.2, 0.25) is 17.6 Å². The molecule has 0 bridgehead atoms. The average Bonchev–Trinajstić information content (AvgIpc) is 3.11. The van der Waals surface area contributed by atoms with Gasteiger partial charge in [-0.15, -0.1) is 0 Å². The molecular weight excluding hydrogens is 314 g/mol. The number of hydrogen-bond acceptors (Lipinski definition) is 6. The fourth-order valence-electron chi connectivity index (χ4n) is 2.61. The summed E-state index contributed by atoms with van der Waals surface area (Å²) in [6, 6.07) is 7.55. The standard InChI is InChI=1S/C16H17N3O3S/c1-10-17-16(18-22-10)13-4-3-5-14(7-13)19-8-12(6-15(19)21)9-23-11(2)20/h3-5,7,12H,6,8-9H2,1-2H3. The summed E-state index contributed by atoms with van der Waals surface area (Å²) in [6.07, 6.45) is 0.478. The molecule has 120 valence electrons. The second kappa shape index (κ2) is 6.54. The molecule has 0 aliphatic carbocycles. The summed E-state index contributed by atoms with van der Waals surface area (Å²) in [4.78, 5) is 29.3. The Morgan fingerprint density at radius 3 is 3.00 bits per heavy atom. The third-order valence-corrected chi connectivity index (χ3v) is 4.72. The Balaban J connectivity index is 1.76. The van der Waals surface area contributed by atoms with Crippen molar-refractivity contribution in [2.24, 2.45) is 5.92 Å². The van der Waals surface area contributed by atoms with Gasteiger partial charge >= 0.3 is 0 Å². The summed E-state index contributed by atoms with van der Waals surface area (Å²) in [5, 5.41) is 3.99. The molecule has 1 atom stereocenters. The van der Waals surface area contributed by atoms with E-state index in [1.165, 1.54) is 11.8 Å². The predicted molar refractivity (Wildman–Crippen MR) is 88.1 cm³/mol. The lowest BCUT2D eigenvalue weighted by Gasteiger charge is -2.17. The minimum absolute atomic E-state index is 0.0839. The molecule has 1 fully saturated rings. The summed E-state index contributed by atoms with van der Waals surface area (Å²) in [5.74, 6) is 1.98. The Hall–Kier alpha value is -2.15. The number of amides is 1. The zero-order valence-corrected chi connectivity index (χ0v) is 13.8. The number of thioether (sulfide) groups is 1. The molecule has 3 rings (SSSR count). The molecule has 1 aromatic heterocycles. The summed E-state index contributed by atoms with van der Waals surface area (Å²) >= 11 is 1.28. The van der Waals surface area contributed by atoms with Crippen LogP contribution in [0, 0.1) is 12.8 Å². The quantitative estimate of drug-likeness (QED) is 0.857. The molecule has 2 aromatic rings. The zero-order chi connectivity index (χ0) is 16.4. The van der Waals surface area contributed by atoms with E-state index in [-0.39, 0.29) is 16.9 Å². The predicted octanol–water partition coefficient (Wildman–Crippen LogP) is 2.68. The third-order valence-electron chi connectivity index (χ3n) is 3.67. The number of carbonyl (C=O) groups is 2. The maximum absolute atomic E-state index is 12.3. The number of anilines is 1. The molecule has 2 heterocycles. The Bertz CT molecular complexity index is 744. The van der Waals surface area contributed by atoms with E-state index in [1.807, 2.05) is 24.3 Å². The summed E-state index contributed by atoms with van der Waals surface area (Å²) in [6.45, 7) is 3.92. The van der Waals surface area contributed by atoms with Crippen LogP contribution in [0.2, 0.25) is 0 Å². The number of nitrogens with zero attached hydrogens (tertiary/aromatic N) is 3. The molecule has 0 N–H and O–H groups in total. The van der Waals surface area contributed by atoms with Gasteiger partial charge in [0.05, 0.1) is 0 Å². The number of hydrogen-bond donors (Lipinski definition) is 0. The van der Waals surface area contributed by atoms with Crippen molar-refractivity contribution < 1.29 is 14.1 Å². The first-order valence-electron chi connectivity index (χ1n) is 7.37. The van der Waals surface area contributed by atoms with Crippen LogP contribution in [0.1, 0.15) is 19.2 Å². The lowest BCUT2D eigenvalue weighted by atomic mass is 10.1. The van der Waals surface area contributed by atoms with Gasteiger partial charge in [-0.05, 0) is 18.1 Å². The topological polar surface area (TPSA) is 76.3 Å². The highest BCUT2D eigenvalue weighted by Gasteiger charge is 2.31. The summed E-state index contributed by atoms with van der Waals surface area (Å²) in [7, 11) is 0. The van der Waals surface area contributed by atoms with Crippen molar-refractivity contribution in [3.63, 3.8) is 0 Å². The van der Waals surface area contributed by atoms with Crippen molar-refractivity contribution in [1.82, 2.24) is 10.1 Å². The van der Waals surface area contributed by atoms with E-state index in [0.717, 1.165) is 11.3 Å². The van der Waals surface area contributed by atoms with Crippen LogP contribution in [0.4, 0.5) is 5.69 Å². The highest BCUT2D eigenvalue weighted by atomic mass is 32.2. The van der Waals surface area contributed by atoms with Gasteiger partial charge in [-0.1, -0.05) is 29.1 Å². The first-order valence-corrected chi connectivity index (χ1v) is 8.36. The van der Waals surface area contributed by atoms with Crippen LogP contribution >= 0.6 is 11.8 Å². The molecule has 1 aliphatic heterocycles. The van der Waals surface area contributed by atoms with Crippen LogP contribution in [-0.2, 0) is 9.59 Å². The van der Waals surface area contributed by atoms with E-state index >= 15 is 0 Å². The largest absolute Gasteiger partial charge is 0.339 e. The normalized spacial score (nSPS) is 17.7. The number of carbonyl (C=O) groups excluding carboxylic acids is 2. The van der Waals surface area contributed by atoms with Gasteiger partial charge in [0, 0.05) is 43.8 Å². The Morgan fingerprint density at radius 2 is 2.30 bits per heavy atom. The molecular formula is C16H17N3O3S. The van der Waals surface area contributed by atoms with E-state index in [0.29, 0.717) is 30.4 Å². The summed E-state index contributed by atoms with van der Waals surface area (Å²) < 4.78 is 5.00. The fraction of sp³-hybridized carbons (Fsp3) is 0.375. The van der Waals surface area contributed by atoms with Crippen molar-refractivity contribution in [2.75, 3.05) is 17.2 Å². The van der Waals surface area contributed by atoms with Gasteiger partial charge in [-0.25, -0.2) is 0 Å². The molecule has 1 aromatic carbocycles. The maximum atomic E-state index is 12.3. The average molecular weight is 331 g/mol. The first kappa shape index (κ1) is 15.7. The first-order chi connectivity index (χ1) is 11.0. The van der Waals surface area contributed by atoms with E-state index in [2.05, 4.69) is 10.1 Å². The fourth-order valence-corrected chi connectivity index (χ4v) is 3.30. The van der Waals surface area contributed by atoms with E-state index in [4.69, 9.17) is 4.52 Å². The van der Waals surface area contributed by atoms with Crippen molar-refractivity contribution in [3.8, 4) is 11.4 Å². The third kappa shape index (κ3) is 3.61. The van der Waals surface area contributed by atoms with Gasteiger partial charge in [0.25, 0.3) is 0 Å². The second-order valence-corrected chi connectivity index (χ2v) is 6.76. The molecule has 1 unspecified atom stereocenters. The highest BCUT2D eigenvalue weighted by molar-refractivity contribution is 8.13. The SMILES string of the molecule is CC(=O)SCC1CC(=O)N(c2cccc(-c3noc(C)n3)c2)C1. The second-order valence-electron chi connectivity index (χ2n) is 5.56. The Morgan fingerprint density at radius 1 is 1.48 bits per heavy atom. The molecule has 0 radical (unpaired) electrons. The molecule has 1 saturated heterocycles. The van der Waals surface area contributed by atoms with Crippen molar-refractivity contribution in [1.29, 1.82) is 0 Å². The maximum Gasteiger partial charge on any atom is 0.227 e. The lowest BCUT2D eigenvalue weighted by molar-refractivity contribution is -0.117. The van der Waals surface area contributed by atoms with Crippen LogP contribution in [0.3, 0.4) is 0 Å². The van der Waals surface area contributed by atoms with Crippen molar-refractivity contribution in [2.45, 2.75) is 20.3 Å². The molecule has 7 heteroatoms. The van der Waals surface area contributed by atoms with Crippen molar-refractivity contribution >= 4 is 28.5 Å². The molecule has 0 spiro atoms. The smallest absolute Gasteiger partial charge is 0.227 e. The minimum Gasteiger partial charge on any atom is -0.339 e. The molecule has 0 saturated carbocycles. The van der Waals surface area contributed by atoms with E-state index in [9.17, 15) is 9.59 Å². The molecule has 23 heavy (non-hydrogen) atoms. The van der Waals surface area contributed by atoms with Gasteiger partial charge in [-0.2, -0.15) is 4.98 Å². The zero-order valence-electron chi connectivity index (χ0n) is 13.0. The van der Waals surface area contributed by atoms with Crippen LogP contribution in [-0.4, -0.2) is 33.5 Å². The van der Waals surface area contributed by atoms with Crippen LogP contribution < -0.4 is 4.90 Å². The van der Waals surface area contributed by atoms with Crippen LogP contribution in [0.25, 0.3) is 11.4 Å². The van der Waals surface area contributed by atoms with Crippen molar-refractivity contribution in [3.05, 3.63) is 30.2 Å².